The van der Waals surface area contributed by atoms with Gasteiger partial charge in [0.1, 0.15) is 11.8 Å². The normalized spacial score (nSPS) is 12.1. The molecule has 36 heavy (non-hydrogen) atoms. The third-order valence-corrected chi connectivity index (χ3v) is 6.48. The lowest BCUT2D eigenvalue weighted by atomic mass is 10.0. The van der Waals surface area contributed by atoms with E-state index in [0.29, 0.717) is 17.2 Å². The van der Waals surface area contributed by atoms with Gasteiger partial charge in [-0.25, -0.2) is 0 Å². The lowest BCUT2D eigenvalue weighted by molar-refractivity contribution is -0.143. The van der Waals surface area contributed by atoms with Gasteiger partial charge in [-0.3, -0.25) is 9.59 Å². The monoisotopic (exact) mass is 570 g/mol. The van der Waals surface area contributed by atoms with Crippen LogP contribution >= 0.6 is 27.5 Å². The summed E-state index contributed by atoms with van der Waals surface area (Å²) in [5.41, 5.74) is 2.29. The molecule has 0 aliphatic heterocycles. The number of hydrogen-bond donors (Lipinski definition) is 1. The maximum absolute atomic E-state index is 13.6. The summed E-state index contributed by atoms with van der Waals surface area (Å²) < 4.78 is 6.77. The van der Waals surface area contributed by atoms with Crippen molar-refractivity contribution in [3.63, 3.8) is 0 Å². The van der Waals surface area contributed by atoms with Crippen LogP contribution in [0, 0.1) is 6.92 Å². The Bertz CT molecular complexity index is 1180. The van der Waals surface area contributed by atoms with Gasteiger partial charge in [0.15, 0.2) is 6.61 Å². The molecule has 0 bridgehead atoms. The summed E-state index contributed by atoms with van der Waals surface area (Å²) in [7, 11) is 0. The Morgan fingerprint density at radius 1 is 1.00 bits per heavy atom. The quantitative estimate of drug-likeness (QED) is 0.326. The van der Waals surface area contributed by atoms with Gasteiger partial charge in [0.05, 0.1) is 0 Å². The van der Waals surface area contributed by atoms with E-state index in [2.05, 4.69) is 21.2 Å². The molecule has 0 spiro atoms. The molecule has 0 aliphatic carbocycles. The molecule has 0 aromatic heterocycles. The van der Waals surface area contributed by atoms with Gasteiger partial charge in [-0.2, -0.15) is 0 Å². The fourth-order valence-electron chi connectivity index (χ4n) is 3.73. The third-order valence-electron chi connectivity index (χ3n) is 5.53. The Labute approximate surface area is 226 Å². The van der Waals surface area contributed by atoms with Crippen molar-refractivity contribution in [2.75, 3.05) is 6.61 Å². The molecule has 3 rings (SSSR count). The predicted octanol–water partition coefficient (Wildman–Crippen LogP) is 6.34. The first-order valence-electron chi connectivity index (χ1n) is 11.8. The number of amides is 2. The second kappa shape index (κ2) is 12.4. The van der Waals surface area contributed by atoms with Crippen molar-refractivity contribution >= 4 is 39.3 Å². The topological polar surface area (TPSA) is 58.6 Å². The van der Waals surface area contributed by atoms with Crippen molar-refractivity contribution in [1.29, 1.82) is 0 Å². The molecule has 0 saturated heterocycles. The van der Waals surface area contributed by atoms with Gasteiger partial charge in [0.2, 0.25) is 5.91 Å². The molecule has 0 saturated carbocycles. The van der Waals surface area contributed by atoms with Gasteiger partial charge in [0.25, 0.3) is 5.91 Å². The minimum Gasteiger partial charge on any atom is -0.484 e. The van der Waals surface area contributed by atoms with Gasteiger partial charge in [0, 0.05) is 28.0 Å². The molecule has 0 heterocycles. The van der Waals surface area contributed by atoms with Gasteiger partial charge < -0.3 is 15.0 Å². The number of ether oxygens (including phenoxy) is 1. The van der Waals surface area contributed by atoms with E-state index in [-0.39, 0.29) is 25.0 Å². The third kappa shape index (κ3) is 8.38. The van der Waals surface area contributed by atoms with Crippen LogP contribution in [0.15, 0.2) is 77.3 Å². The van der Waals surface area contributed by atoms with Crippen LogP contribution in [-0.4, -0.2) is 34.9 Å². The fraction of sp³-hybridized carbons (Fsp3) is 0.310. The van der Waals surface area contributed by atoms with Crippen molar-refractivity contribution in [1.82, 2.24) is 10.2 Å². The molecular weight excluding hydrogens is 540 g/mol. The van der Waals surface area contributed by atoms with E-state index in [1.54, 1.807) is 23.1 Å². The van der Waals surface area contributed by atoms with Gasteiger partial charge in [-0.15, -0.1) is 0 Å². The van der Waals surface area contributed by atoms with E-state index in [1.807, 2.05) is 82.3 Å². The summed E-state index contributed by atoms with van der Waals surface area (Å²) in [4.78, 5) is 28.8. The fourth-order valence-corrected chi connectivity index (χ4v) is 4.11. The van der Waals surface area contributed by atoms with Crippen molar-refractivity contribution < 1.29 is 14.3 Å². The molecule has 0 fully saturated rings. The molecule has 190 valence electrons. The van der Waals surface area contributed by atoms with Crippen LogP contribution in [0.4, 0.5) is 0 Å². The Hall–Kier alpha value is -2.83. The minimum atomic E-state index is -0.724. The smallest absolute Gasteiger partial charge is 0.261 e. The lowest BCUT2D eigenvalue weighted by Gasteiger charge is -2.33. The largest absolute Gasteiger partial charge is 0.484 e. The van der Waals surface area contributed by atoms with Crippen LogP contribution in [0.1, 0.15) is 37.5 Å². The van der Waals surface area contributed by atoms with Gasteiger partial charge in [-0.05, 0) is 74.7 Å². The number of benzene rings is 3. The zero-order valence-corrected chi connectivity index (χ0v) is 23.4. The van der Waals surface area contributed by atoms with Crippen LogP contribution in [0.3, 0.4) is 0 Å². The average molecular weight is 572 g/mol. The van der Waals surface area contributed by atoms with Crippen molar-refractivity contribution in [2.24, 2.45) is 0 Å². The van der Waals surface area contributed by atoms with Crippen LogP contribution < -0.4 is 10.1 Å². The maximum atomic E-state index is 13.6. The summed E-state index contributed by atoms with van der Waals surface area (Å²) in [5, 5.41) is 3.69. The number of hydrogen-bond acceptors (Lipinski definition) is 3. The van der Waals surface area contributed by atoms with Crippen LogP contribution in [-0.2, 0) is 22.6 Å². The molecule has 2 amide bonds. The Balaban J connectivity index is 1.92. The molecule has 7 heteroatoms. The second-order valence-corrected chi connectivity index (χ2v) is 11.1. The molecule has 1 N–H and O–H groups in total. The van der Waals surface area contributed by atoms with E-state index in [4.69, 9.17) is 16.3 Å². The number of aryl methyl sites for hydroxylation is 1. The summed E-state index contributed by atoms with van der Waals surface area (Å²) in [6.45, 7) is 7.73. The van der Waals surface area contributed by atoms with Gasteiger partial charge >= 0.3 is 0 Å². The van der Waals surface area contributed by atoms with E-state index in [1.165, 1.54) is 0 Å². The van der Waals surface area contributed by atoms with E-state index < -0.39 is 11.6 Å². The van der Waals surface area contributed by atoms with Crippen molar-refractivity contribution in [3.8, 4) is 5.75 Å². The highest BCUT2D eigenvalue weighted by Gasteiger charge is 2.32. The molecule has 3 aromatic carbocycles. The number of carbonyl (C=O) groups is 2. The zero-order chi connectivity index (χ0) is 26.3. The summed E-state index contributed by atoms with van der Waals surface area (Å²) in [6, 6.07) is 22.0. The van der Waals surface area contributed by atoms with E-state index >= 15 is 0 Å². The predicted molar refractivity (Wildman–Crippen MR) is 148 cm³/mol. The number of nitrogens with one attached hydrogen (secondary N) is 1. The van der Waals surface area contributed by atoms with Crippen molar-refractivity contribution in [3.05, 3.63) is 99.0 Å². The first kappa shape index (κ1) is 27.8. The number of rotatable bonds is 9. The van der Waals surface area contributed by atoms with Crippen molar-refractivity contribution in [2.45, 2.75) is 52.2 Å². The first-order chi connectivity index (χ1) is 17.0. The molecule has 1 atom stereocenters. The Morgan fingerprint density at radius 3 is 2.28 bits per heavy atom. The molecule has 3 aromatic rings. The van der Waals surface area contributed by atoms with E-state index in [9.17, 15) is 9.59 Å². The van der Waals surface area contributed by atoms with Crippen LogP contribution in [0.25, 0.3) is 0 Å². The lowest BCUT2D eigenvalue weighted by Crippen LogP contribution is -2.55. The number of nitrogens with zero attached hydrogens (tertiary/aromatic N) is 1. The van der Waals surface area contributed by atoms with Gasteiger partial charge in [-0.1, -0.05) is 70.0 Å². The molecule has 0 aliphatic rings. The Kier molecular flexibility index (Phi) is 9.57. The van der Waals surface area contributed by atoms with E-state index in [0.717, 1.165) is 21.2 Å². The first-order valence-corrected chi connectivity index (χ1v) is 13.0. The van der Waals surface area contributed by atoms with Crippen LogP contribution in [0.2, 0.25) is 5.02 Å². The summed E-state index contributed by atoms with van der Waals surface area (Å²) in [5.74, 6) is 0.0576. The molecule has 0 unspecified atom stereocenters. The highest BCUT2D eigenvalue weighted by Crippen LogP contribution is 2.22. The summed E-state index contributed by atoms with van der Waals surface area (Å²) in [6.07, 6.45) is 0.380. The summed E-state index contributed by atoms with van der Waals surface area (Å²) >= 11 is 9.58. The highest BCUT2D eigenvalue weighted by molar-refractivity contribution is 9.10. The SMILES string of the molecule is Cc1cc(OCC(=O)N(Cc2ccc(Br)cc2)[C@@H](Cc2ccccc2)C(=O)NC(C)(C)C)ccc1Cl. The highest BCUT2D eigenvalue weighted by atomic mass is 79.9. The molecule has 5 nitrogen and oxygen atoms in total. The Morgan fingerprint density at radius 2 is 1.67 bits per heavy atom. The zero-order valence-electron chi connectivity index (χ0n) is 21.1. The minimum absolute atomic E-state index is 0.203. The number of halogens is 2. The second-order valence-electron chi connectivity index (χ2n) is 9.79. The number of carbonyl (C=O) groups excluding carboxylic acids is 2. The maximum Gasteiger partial charge on any atom is 0.261 e. The standard InChI is InChI=1S/C29H32BrClN2O3/c1-20-16-24(14-15-25(20)31)36-19-27(34)33(18-22-10-12-23(30)13-11-22)26(28(35)32-29(2,3)4)17-21-8-6-5-7-9-21/h5-16,26H,17-19H2,1-4H3,(H,32,35)/t26-/m0/s1. The molecular formula is C29H32BrClN2O3. The van der Waals surface area contributed by atoms with Crippen LogP contribution in [0.5, 0.6) is 5.75 Å². The average Bonchev–Trinajstić information content (AvgIpc) is 2.82. The molecule has 0 radical (unpaired) electrons.